The van der Waals surface area contributed by atoms with Crippen LogP contribution >= 0.6 is 0 Å². The number of allylic oxidation sites excluding steroid dienone is 4. The predicted octanol–water partition coefficient (Wildman–Crippen LogP) is 1.22. The molecule has 3 nitrogen and oxygen atoms in total. The zero-order chi connectivity index (χ0) is 10.4. The van der Waals surface area contributed by atoms with Crippen molar-refractivity contribution in [3.8, 4) is 0 Å². The van der Waals surface area contributed by atoms with Crippen LogP contribution < -0.4 is 5.32 Å². The Hall–Kier alpha value is -1.22. The second-order valence-electron chi connectivity index (χ2n) is 4.28. The van der Waals surface area contributed by atoms with Crippen molar-refractivity contribution < 1.29 is 9.22 Å². The third-order valence-corrected chi connectivity index (χ3v) is 1.81. The molecule has 3 heteroatoms. The molecule has 0 amide bonds. The summed E-state index contributed by atoms with van der Waals surface area (Å²) in [5.41, 5.74) is 0. The molecule has 78 valence electrons. The summed E-state index contributed by atoms with van der Waals surface area (Å²) in [6.45, 7) is 1.72. The molecule has 1 aliphatic heterocycles. The van der Waals surface area contributed by atoms with Gasteiger partial charge >= 0.3 is 0 Å². The first-order valence-electron chi connectivity index (χ1n) is 4.81. The minimum absolute atomic E-state index is 0.726. The van der Waals surface area contributed by atoms with Gasteiger partial charge in [0.2, 0.25) is 0 Å². The van der Waals surface area contributed by atoms with Crippen LogP contribution in [0.15, 0.2) is 36.4 Å². The van der Waals surface area contributed by atoms with Crippen molar-refractivity contribution in [2.75, 3.05) is 34.3 Å². The molecule has 0 spiro atoms. The number of ether oxygens (including phenoxy) is 1. The predicted molar refractivity (Wildman–Crippen MR) is 58.4 cm³/mol. The van der Waals surface area contributed by atoms with E-state index in [1.54, 1.807) is 0 Å². The number of rotatable bonds is 4. The maximum absolute atomic E-state index is 5.57. The standard InChI is InChI=1S/C11H19N2O/c1-13(2,3)9-10-14-11-7-5-4-6-8-12-11/h4-8,12H,9-10H2,1-3H3/q+1. The molecule has 0 atom stereocenters. The molecule has 0 unspecified atom stereocenters. The number of hydrogen-bond acceptors (Lipinski definition) is 2. The summed E-state index contributed by atoms with van der Waals surface area (Å²) in [4.78, 5) is 0. The van der Waals surface area contributed by atoms with Crippen molar-refractivity contribution in [2.45, 2.75) is 0 Å². The minimum Gasteiger partial charge on any atom is -0.473 e. The van der Waals surface area contributed by atoms with E-state index < -0.39 is 0 Å². The summed E-state index contributed by atoms with van der Waals surface area (Å²) in [7, 11) is 6.45. The summed E-state index contributed by atoms with van der Waals surface area (Å²) < 4.78 is 6.49. The van der Waals surface area contributed by atoms with E-state index in [1.165, 1.54) is 0 Å². The van der Waals surface area contributed by atoms with Gasteiger partial charge in [-0.3, -0.25) is 0 Å². The Morgan fingerprint density at radius 1 is 1.21 bits per heavy atom. The summed E-state index contributed by atoms with van der Waals surface area (Å²) in [6.07, 6.45) is 9.64. The Morgan fingerprint density at radius 3 is 2.71 bits per heavy atom. The van der Waals surface area contributed by atoms with Gasteiger partial charge in [0.1, 0.15) is 13.2 Å². The molecule has 0 radical (unpaired) electrons. The molecule has 1 aliphatic rings. The van der Waals surface area contributed by atoms with Crippen LogP contribution in [-0.4, -0.2) is 38.8 Å². The molecule has 1 rings (SSSR count). The lowest BCUT2D eigenvalue weighted by Gasteiger charge is -2.23. The molecule has 1 heterocycles. The van der Waals surface area contributed by atoms with Gasteiger partial charge in [-0.25, -0.2) is 0 Å². The van der Waals surface area contributed by atoms with Crippen molar-refractivity contribution in [3.63, 3.8) is 0 Å². The molecule has 0 saturated heterocycles. The average Bonchev–Trinajstić information content (AvgIpc) is 2.30. The SMILES string of the molecule is C[N+](C)(C)CCOC1=CC=CC=CN1. The van der Waals surface area contributed by atoms with E-state index in [1.807, 2.05) is 30.5 Å². The zero-order valence-corrected chi connectivity index (χ0v) is 9.16. The summed E-state index contributed by atoms with van der Waals surface area (Å²) in [5, 5.41) is 3.06. The molecule has 1 N–H and O–H groups in total. The third kappa shape index (κ3) is 4.72. The number of nitrogens with one attached hydrogen (secondary N) is 1. The van der Waals surface area contributed by atoms with Gasteiger partial charge in [-0.2, -0.15) is 0 Å². The molecule has 0 aliphatic carbocycles. The Labute approximate surface area is 85.9 Å². The molecule has 14 heavy (non-hydrogen) atoms. The van der Waals surface area contributed by atoms with Crippen LogP contribution in [0.2, 0.25) is 0 Å². The highest BCUT2D eigenvalue weighted by Gasteiger charge is 2.06. The van der Waals surface area contributed by atoms with E-state index >= 15 is 0 Å². The van der Waals surface area contributed by atoms with Crippen molar-refractivity contribution in [3.05, 3.63) is 36.4 Å². The lowest BCUT2D eigenvalue weighted by Crippen LogP contribution is -2.37. The first kappa shape index (κ1) is 10.9. The van der Waals surface area contributed by atoms with Crippen LogP contribution in [0.4, 0.5) is 0 Å². The van der Waals surface area contributed by atoms with Gasteiger partial charge in [0, 0.05) is 6.20 Å². The van der Waals surface area contributed by atoms with Crippen LogP contribution in [0.5, 0.6) is 0 Å². The van der Waals surface area contributed by atoms with E-state index in [0.717, 1.165) is 23.5 Å². The van der Waals surface area contributed by atoms with Crippen molar-refractivity contribution in [1.82, 2.24) is 5.32 Å². The summed E-state index contributed by atoms with van der Waals surface area (Å²) >= 11 is 0. The van der Waals surface area contributed by atoms with Gasteiger partial charge in [0.05, 0.1) is 21.1 Å². The molecule has 0 saturated carbocycles. The largest absolute Gasteiger partial charge is 0.473 e. The van der Waals surface area contributed by atoms with Crippen LogP contribution in [-0.2, 0) is 4.74 Å². The molecular formula is C11H19N2O+. The summed E-state index contributed by atoms with van der Waals surface area (Å²) in [5.74, 6) is 0.809. The maximum atomic E-state index is 5.57. The monoisotopic (exact) mass is 195 g/mol. The average molecular weight is 195 g/mol. The van der Waals surface area contributed by atoms with Crippen LogP contribution in [0.1, 0.15) is 0 Å². The topological polar surface area (TPSA) is 21.3 Å². The van der Waals surface area contributed by atoms with E-state index in [0.29, 0.717) is 0 Å². The molecule has 0 fully saturated rings. The van der Waals surface area contributed by atoms with Gasteiger partial charge in [-0.05, 0) is 12.2 Å². The lowest BCUT2D eigenvalue weighted by molar-refractivity contribution is -0.870. The number of nitrogens with zero attached hydrogens (tertiary/aromatic N) is 1. The van der Waals surface area contributed by atoms with Crippen LogP contribution in [0, 0.1) is 0 Å². The molecular weight excluding hydrogens is 176 g/mol. The quantitative estimate of drug-likeness (QED) is 0.681. The number of hydrogen-bond donors (Lipinski definition) is 1. The highest BCUT2D eigenvalue weighted by Crippen LogP contribution is 1.99. The van der Waals surface area contributed by atoms with Gasteiger partial charge in [-0.1, -0.05) is 12.2 Å². The van der Waals surface area contributed by atoms with Gasteiger partial charge in [-0.15, -0.1) is 0 Å². The lowest BCUT2D eigenvalue weighted by atomic mass is 10.5. The first-order chi connectivity index (χ1) is 6.58. The van der Waals surface area contributed by atoms with Gasteiger partial charge in [0.15, 0.2) is 5.88 Å². The van der Waals surface area contributed by atoms with E-state index in [9.17, 15) is 0 Å². The minimum atomic E-state index is 0.726. The second-order valence-corrected chi connectivity index (χ2v) is 4.28. The Balaban J connectivity index is 2.28. The van der Waals surface area contributed by atoms with Gasteiger partial charge in [0.25, 0.3) is 0 Å². The molecule has 0 aromatic heterocycles. The van der Waals surface area contributed by atoms with Crippen LogP contribution in [0.3, 0.4) is 0 Å². The second kappa shape index (κ2) is 4.86. The Morgan fingerprint density at radius 2 is 2.00 bits per heavy atom. The van der Waals surface area contributed by atoms with E-state index in [-0.39, 0.29) is 0 Å². The fourth-order valence-electron chi connectivity index (χ4n) is 0.960. The Bertz CT molecular complexity index is 259. The van der Waals surface area contributed by atoms with E-state index in [2.05, 4.69) is 26.5 Å². The first-order valence-corrected chi connectivity index (χ1v) is 4.81. The highest BCUT2D eigenvalue weighted by atomic mass is 16.5. The molecule has 0 aromatic carbocycles. The smallest absolute Gasteiger partial charge is 0.190 e. The molecule has 0 aromatic rings. The normalized spacial score (nSPS) is 15.8. The number of quaternary nitrogens is 1. The number of likely N-dealkylation sites (N-methyl/N-ethyl adjacent to an activating group) is 1. The highest BCUT2D eigenvalue weighted by molar-refractivity contribution is 5.17. The van der Waals surface area contributed by atoms with E-state index in [4.69, 9.17) is 4.74 Å². The third-order valence-electron chi connectivity index (χ3n) is 1.81. The van der Waals surface area contributed by atoms with Crippen LogP contribution in [0.25, 0.3) is 0 Å². The fourth-order valence-corrected chi connectivity index (χ4v) is 0.960. The molecule has 0 bridgehead atoms. The van der Waals surface area contributed by atoms with Crippen molar-refractivity contribution in [1.29, 1.82) is 0 Å². The van der Waals surface area contributed by atoms with Crippen molar-refractivity contribution >= 4 is 0 Å². The van der Waals surface area contributed by atoms with Crippen molar-refractivity contribution in [2.24, 2.45) is 0 Å². The Kier molecular flexibility index (Phi) is 3.77. The zero-order valence-electron chi connectivity index (χ0n) is 9.16. The maximum Gasteiger partial charge on any atom is 0.190 e. The fraction of sp³-hybridized carbons (Fsp3) is 0.455. The van der Waals surface area contributed by atoms with Gasteiger partial charge < -0.3 is 14.5 Å². The summed E-state index contributed by atoms with van der Waals surface area (Å²) in [6, 6.07) is 0.